The predicted molar refractivity (Wildman–Crippen MR) is 137 cm³/mol. The number of carbonyl (C=O) groups excluding carboxylic acids is 3. The van der Waals surface area contributed by atoms with Gasteiger partial charge in [0.15, 0.2) is 0 Å². The first-order valence-electron chi connectivity index (χ1n) is 10.2. The number of imide groups is 2. The van der Waals surface area contributed by atoms with Crippen LogP contribution in [0.4, 0.5) is 16.2 Å². The van der Waals surface area contributed by atoms with E-state index in [4.69, 9.17) is 27.9 Å². The summed E-state index contributed by atoms with van der Waals surface area (Å²) < 4.78 is 6.35. The van der Waals surface area contributed by atoms with Crippen molar-refractivity contribution < 1.29 is 24.0 Å². The molecule has 0 unspecified atom stereocenters. The number of carbonyl (C=O) groups is 3. The number of hydrogen-bond acceptors (Lipinski definition) is 6. The summed E-state index contributed by atoms with van der Waals surface area (Å²) in [6.07, 6.45) is 1.31. The van der Waals surface area contributed by atoms with E-state index in [0.717, 1.165) is 11.6 Å². The van der Waals surface area contributed by atoms with Gasteiger partial charge in [-0.25, -0.2) is 9.69 Å². The first-order valence-corrected chi connectivity index (χ1v) is 11.7. The summed E-state index contributed by atoms with van der Waals surface area (Å²) in [6.45, 7) is 0.219. The van der Waals surface area contributed by atoms with Crippen LogP contribution in [0.5, 0.6) is 5.75 Å². The lowest BCUT2D eigenvalue weighted by molar-refractivity contribution is -0.384. The number of barbiturate groups is 1. The molecule has 1 saturated heterocycles. The smallest absolute Gasteiger partial charge is 0.335 e. The summed E-state index contributed by atoms with van der Waals surface area (Å²) in [7, 11) is 0. The maximum absolute atomic E-state index is 13.0. The number of hydrogen-bond donors (Lipinski definition) is 1. The molecule has 9 nitrogen and oxygen atoms in total. The molecule has 182 valence electrons. The third-order valence-electron chi connectivity index (χ3n) is 5.05. The summed E-state index contributed by atoms with van der Waals surface area (Å²) >= 11 is 15.4. The van der Waals surface area contributed by atoms with Gasteiger partial charge in [-0.1, -0.05) is 41.4 Å². The van der Waals surface area contributed by atoms with Crippen molar-refractivity contribution in [2.45, 2.75) is 6.61 Å². The number of nitrogens with one attached hydrogen (secondary N) is 1. The molecule has 1 aliphatic heterocycles. The van der Waals surface area contributed by atoms with Crippen molar-refractivity contribution in [1.29, 1.82) is 0 Å². The first kappa shape index (κ1) is 25.4. The van der Waals surface area contributed by atoms with Crippen LogP contribution in [0.3, 0.4) is 0 Å². The van der Waals surface area contributed by atoms with Gasteiger partial charge in [0.2, 0.25) is 0 Å². The SMILES string of the molecule is O=C1NC(=O)N(c2cccc([N+](=O)[O-])c2)C(=O)/C1=C/c1ccc(OCc2ccc(Cl)c(Cl)c2)c(Br)c1. The Labute approximate surface area is 222 Å². The minimum atomic E-state index is -1.00. The maximum atomic E-state index is 13.0. The van der Waals surface area contributed by atoms with Crippen molar-refractivity contribution in [3.05, 3.63) is 102 Å². The summed E-state index contributed by atoms with van der Waals surface area (Å²) in [6, 6.07) is 14.0. The first-order chi connectivity index (χ1) is 17.1. The Morgan fingerprint density at radius 1 is 1.03 bits per heavy atom. The standard InChI is InChI=1S/C24H14BrCl2N3O6/c25-18-9-13(5-7-21(18)36-12-14-4-6-19(26)20(27)10-14)8-17-22(31)28-24(33)29(23(17)32)15-2-1-3-16(11-15)30(34)35/h1-11H,12H2,(H,28,31,33)/b17-8+. The van der Waals surface area contributed by atoms with Crippen LogP contribution in [0.1, 0.15) is 11.1 Å². The largest absolute Gasteiger partial charge is 0.488 e. The van der Waals surface area contributed by atoms with Gasteiger partial charge in [-0.05, 0) is 63.5 Å². The summed E-state index contributed by atoms with van der Waals surface area (Å²) in [5, 5.41) is 14.0. The molecule has 1 N–H and O–H groups in total. The zero-order valence-corrected chi connectivity index (χ0v) is 21.1. The van der Waals surface area contributed by atoms with E-state index in [-0.39, 0.29) is 23.6 Å². The Morgan fingerprint density at radius 3 is 2.50 bits per heavy atom. The highest BCUT2D eigenvalue weighted by molar-refractivity contribution is 9.10. The van der Waals surface area contributed by atoms with Crippen LogP contribution in [0.25, 0.3) is 6.08 Å². The molecule has 3 aromatic carbocycles. The molecular formula is C24H14BrCl2N3O6. The maximum Gasteiger partial charge on any atom is 0.335 e. The second kappa shape index (κ2) is 10.5. The van der Waals surface area contributed by atoms with Gasteiger partial charge in [-0.3, -0.25) is 25.0 Å². The summed E-state index contributed by atoms with van der Waals surface area (Å²) in [5.74, 6) is -1.31. The molecule has 0 saturated carbocycles. The van der Waals surface area contributed by atoms with E-state index >= 15 is 0 Å². The van der Waals surface area contributed by atoms with E-state index in [9.17, 15) is 24.5 Å². The van der Waals surface area contributed by atoms with Gasteiger partial charge in [0.1, 0.15) is 17.9 Å². The van der Waals surface area contributed by atoms with Crippen LogP contribution in [0.15, 0.2) is 70.7 Å². The minimum Gasteiger partial charge on any atom is -0.488 e. The van der Waals surface area contributed by atoms with Gasteiger partial charge in [-0.2, -0.15) is 0 Å². The van der Waals surface area contributed by atoms with Crippen LogP contribution < -0.4 is 15.0 Å². The van der Waals surface area contributed by atoms with E-state index in [1.165, 1.54) is 24.3 Å². The average molecular weight is 591 g/mol. The number of anilines is 1. The lowest BCUT2D eigenvalue weighted by atomic mass is 10.1. The molecule has 1 heterocycles. The molecule has 4 rings (SSSR count). The van der Waals surface area contributed by atoms with Gasteiger partial charge < -0.3 is 4.74 Å². The van der Waals surface area contributed by atoms with E-state index < -0.39 is 22.8 Å². The molecule has 36 heavy (non-hydrogen) atoms. The average Bonchev–Trinajstić information content (AvgIpc) is 2.83. The Hall–Kier alpha value is -3.73. The highest BCUT2D eigenvalue weighted by Gasteiger charge is 2.37. The molecule has 0 radical (unpaired) electrons. The quantitative estimate of drug-likeness (QED) is 0.165. The zero-order chi connectivity index (χ0) is 26.0. The number of rotatable bonds is 6. The summed E-state index contributed by atoms with van der Waals surface area (Å²) in [4.78, 5) is 48.9. The van der Waals surface area contributed by atoms with Crippen LogP contribution >= 0.6 is 39.1 Å². The van der Waals surface area contributed by atoms with Gasteiger partial charge in [0.05, 0.1) is 25.1 Å². The number of urea groups is 1. The van der Waals surface area contributed by atoms with Gasteiger partial charge in [-0.15, -0.1) is 0 Å². The zero-order valence-electron chi connectivity index (χ0n) is 18.0. The number of nitrogens with zero attached hydrogens (tertiary/aromatic N) is 2. The lowest BCUT2D eigenvalue weighted by Gasteiger charge is -2.26. The van der Waals surface area contributed by atoms with Crippen molar-refractivity contribution in [2.75, 3.05) is 4.90 Å². The van der Waals surface area contributed by atoms with Crippen LogP contribution in [0, 0.1) is 10.1 Å². The lowest BCUT2D eigenvalue weighted by Crippen LogP contribution is -2.54. The molecule has 3 aromatic rings. The van der Waals surface area contributed by atoms with Crippen molar-refractivity contribution in [2.24, 2.45) is 0 Å². The third-order valence-corrected chi connectivity index (χ3v) is 6.40. The Morgan fingerprint density at radius 2 is 1.81 bits per heavy atom. The number of nitro groups is 1. The Balaban J connectivity index is 1.57. The fraction of sp³-hybridized carbons (Fsp3) is 0.0417. The third kappa shape index (κ3) is 5.40. The van der Waals surface area contributed by atoms with Crippen molar-refractivity contribution in [1.82, 2.24) is 5.32 Å². The number of nitro benzene ring substituents is 1. The predicted octanol–water partition coefficient (Wildman–Crippen LogP) is 5.91. The Kier molecular flexibility index (Phi) is 7.39. The molecule has 0 aliphatic carbocycles. The van der Waals surface area contributed by atoms with E-state index in [1.807, 2.05) is 0 Å². The molecule has 0 bridgehead atoms. The minimum absolute atomic E-state index is 0.0441. The topological polar surface area (TPSA) is 119 Å². The molecule has 1 aliphatic rings. The molecule has 12 heteroatoms. The molecule has 1 fully saturated rings. The molecule has 0 atom stereocenters. The second-order valence-electron chi connectivity index (χ2n) is 7.46. The number of halogens is 3. The summed E-state index contributed by atoms with van der Waals surface area (Å²) in [5.41, 5.74) is 0.596. The normalized spacial score (nSPS) is 14.7. The fourth-order valence-corrected chi connectivity index (χ4v) is 4.15. The molecule has 0 aromatic heterocycles. The van der Waals surface area contributed by atoms with Gasteiger partial charge >= 0.3 is 6.03 Å². The molecule has 4 amide bonds. The monoisotopic (exact) mass is 589 g/mol. The van der Waals surface area contributed by atoms with Crippen LogP contribution in [0.2, 0.25) is 10.0 Å². The van der Waals surface area contributed by atoms with Gasteiger partial charge in [0, 0.05) is 12.1 Å². The number of non-ortho nitro benzene ring substituents is 1. The highest BCUT2D eigenvalue weighted by atomic mass is 79.9. The van der Waals surface area contributed by atoms with Crippen molar-refractivity contribution >= 4 is 74.4 Å². The fourth-order valence-electron chi connectivity index (χ4n) is 3.32. The highest BCUT2D eigenvalue weighted by Crippen LogP contribution is 2.30. The van der Waals surface area contributed by atoms with E-state index in [2.05, 4.69) is 21.2 Å². The number of amides is 4. The van der Waals surface area contributed by atoms with Gasteiger partial charge in [0.25, 0.3) is 17.5 Å². The van der Waals surface area contributed by atoms with Crippen molar-refractivity contribution in [3.63, 3.8) is 0 Å². The van der Waals surface area contributed by atoms with E-state index in [0.29, 0.717) is 30.7 Å². The van der Waals surface area contributed by atoms with E-state index in [1.54, 1.807) is 36.4 Å². The molecule has 0 spiro atoms. The Bertz CT molecular complexity index is 1460. The van der Waals surface area contributed by atoms with Crippen LogP contribution in [-0.4, -0.2) is 22.8 Å². The number of ether oxygens (including phenoxy) is 1. The molecular weight excluding hydrogens is 577 g/mol. The number of benzene rings is 3. The van der Waals surface area contributed by atoms with Crippen LogP contribution in [-0.2, 0) is 16.2 Å². The van der Waals surface area contributed by atoms with Crippen molar-refractivity contribution in [3.8, 4) is 5.75 Å². The second-order valence-corrected chi connectivity index (χ2v) is 9.13.